The van der Waals surface area contributed by atoms with Crippen LogP contribution in [-0.2, 0) is 13.0 Å². The van der Waals surface area contributed by atoms with Gasteiger partial charge in [0.1, 0.15) is 11.9 Å². The molecule has 1 atom stereocenters. The molecule has 1 heterocycles. The van der Waals surface area contributed by atoms with Crippen molar-refractivity contribution >= 4 is 15.9 Å². The predicted octanol–water partition coefficient (Wildman–Crippen LogP) is 2.94. The van der Waals surface area contributed by atoms with Gasteiger partial charge in [-0.3, -0.25) is 0 Å². The van der Waals surface area contributed by atoms with Crippen molar-refractivity contribution in [3.63, 3.8) is 0 Å². The van der Waals surface area contributed by atoms with Crippen LogP contribution in [0.3, 0.4) is 0 Å². The van der Waals surface area contributed by atoms with Crippen LogP contribution in [0.4, 0.5) is 0 Å². The van der Waals surface area contributed by atoms with Gasteiger partial charge in [0.25, 0.3) is 0 Å². The van der Waals surface area contributed by atoms with Crippen molar-refractivity contribution in [3.05, 3.63) is 52.5 Å². The summed E-state index contributed by atoms with van der Waals surface area (Å²) < 4.78 is 2.98. The fourth-order valence-corrected chi connectivity index (χ4v) is 2.30. The number of imidazole rings is 1. The zero-order valence-electron chi connectivity index (χ0n) is 9.68. The van der Waals surface area contributed by atoms with E-state index < -0.39 is 6.10 Å². The van der Waals surface area contributed by atoms with Crippen molar-refractivity contribution in [1.29, 1.82) is 0 Å². The number of halogens is 1. The molecule has 0 saturated heterocycles. The summed E-state index contributed by atoms with van der Waals surface area (Å²) in [6.45, 7) is 2.86. The number of nitrogens with zero attached hydrogens (tertiary/aromatic N) is 2. The Morgan fingerprint density at radius 2 is 2.18 bits per heavy atom. The van der Waals surface area contributed by atoms with Crippen LogP contribution in [0.15, 0.2) is 41.1 Å². The first kappa shape index (κ1) is 12.3. The average Bonchev–Trinajstić information content (AvgIpc) is 2.80. The molecule has 17 heavy (non-hydrogen) atoms. The minimum absolute atomic E-state index is 0.566. The molecule has 0 bridgehead atoms. The van der Waals surface area contributed by atoms with Gasteiger partial charge in [0.15, 0.2) is 0 Å². The molecular formula is C13H15BrN2O. The Labute approximate surface area is 109 Å². The lowest BCUT2D eigenvalue weighted by Gasteiger charge is -2.13. The third-order valence-corrected chi connectivity index (χ3v) is 3.53. The lowest BCUT2D eigenvalue weighted by Crippen LogP contribution is -2.10. The van der Waals surface area contributed by atoms with Crippen LogP contribution in [0.25, 0.3) is 0 Å². The molecule has 1 unspecified atom stereocenters. The van der Waals surface area contributed by atoms with E-state index in [2.05, 4.69) is 20.9 Å². The van der Waals surface area contributed by atoms with Gasteiger partial charge in [0, 0.05) is 29.8 Å². The second-order valence-electron chi connectivity index (χ2n) is 3.88. The van der Waals surface area contributed by atoms with E-state index in [1.165, 1.54) is 0 Å². The number of aryl methyl sites for hydroxylation is 1. The molecule has 0 fully saturated rings. The highest BCUT2D eigenvalue weighted by Crippen LogP contribution is 2.22. The highest BCUT2D eigenvalue weighted by molar-refractivity contribution is 9.10. The van der Waals surface area contributed by atoms with E-state index in [0.717, 1.165) is 22.4 Å². The molecule has 0 radical (unpaired) electrons. The van der Waals surface area contributed by atoms with Crippen LogP contribution < -0.4 is 0 Å². The molecule has 1 aromatic carbocycles. The topological polar surface area (TPSA) is 38.0 Å². The summed E-state index contributed by atoms with van der Waals surface area (Å²) in [5, 5.41) is 10.2. The Kier molecular flexibility index (Phi) is 3.97. The Bertz CT molecular complexity index is 496. The summed E-state index contributed by atoms with van der Waals surface area (Å²) in [5.41, 5.74) is 1.09. The lowest BCUT2D eigenvalue weighted by atomic mass is 10.1. The Hall–Kier alpha value is -1.13. The molecule has 1 aromatic heterocycles. The fourth-order valence-electron chi connectivity index (χ4n) is 1.85. The van der Waals surface area contributed by atoms with Crippen molar-refractivity contribution in [2.75, 3.05) is 0 Å². The molecule has 4 heteroatoms. The van der Waals surface area contributed by atoms with Gasteiger partial charge in [0.2, 0.25) is 0 Å². The van der Waals surface area contributed by atoms with Gasteiger partial charge in [-0.05, 0) is 18.6 Å². The maximum absolute atomic E-state index is 10.2. The minimum atomic E-state index is -0.566. The van der Waals surface area contributed by atoms with Crippen LogP contribution in [0, 0.1) is 0 Å². The quantitative estimate of drug-likeness (QED) is 0.941. The zero-order valence-corrected chi connectivity index (χ0v) is 11.3. The van der Waals surface area contributed by atoms with Gasteiger partial charge in [-0.15, -0.1) is 0 Å². The van der Waals surface area contributed by atoms with Crippen LogP contribution in [0.1, 0.15) is 24.4 Å². The second-order valence-corrected chi connectivity index (χ2v) is 4.74. The largest absolute Gasteiger partial charge is 0.385 e. The van der Waals surface area contributed by atoms with E-state index in [0.29, 0.717) is 6.42 Å². The van der Waals surface area contributed by atoms with Crippen LogP contribution in [0.2, 0.25) is 0 Å². The van der Waals surface area contributed by atoms with Gasteiger partial charge >= 0.3 is 0 Å². The molecule has 0 aliphatic heterocycles. The van der Waals surface area contributed by atoms with E-state index in [4.69, 9.17) is 0 Å². The number of rotatable bonds is 4. The van der Waals surface area contributed by atoms with Crippen LogP contribution >= 0.6 is 15.9 Å². The van der Waals surface area contributed by atoms with Crippen LogP contribution in [-0.4, -0.2) is 14.7 Å². The molecule has 90 valence electrons. The number of aromatic nitrogens is 2. The van der Waals surface area contributed by atoms with Gasteiger partial charge in [-0.1, -0.05) is 34.1 Å². The maximum atomic E-state index is 10.2. The monoisotopic (exact) mass is 294 g/mol. The van der Waals surface area contributed by atoms with Gasteiger partial charge in [0.05, 0.1) is 0 Å². The van der Waals surface area contributed by atoms with Crippen molar-refractivity contribution in [3.8, 4) is 0 Å². The smallest absolute Gasteiger partial charge is 0.137 e. The Morgan fingerprint density at radius 3 is 2.88 bits per heavy atom. The molecule has 0 amide bonds. The highest BCUT2D eigenvalue weighted by atomic mass is 79.9. The number of hydrogen-bond acceptors (Lipinski definition) is 2. The zero-order chi connectivity index (χ0) is 12.3. The molecule has 1 N–H and O–H groups in total. The Morgan fingerprint density at radius 1 is 1.41 bits per heavy atom. The van der Waals surface area contributed by atoms with Crippen molar-refractivity contribution < 1.29 is 5.11 Å². The van der Waals surface area contributed by atoms with E-state index >= 15 is 0 Å². The lowest BCUT2D eigenvalue weighted by molar-refractivity contribution is 0.163. The molecule has 0 aliphatic rings. The molecule has 0 aliphatic carbocycles. The third kappa shape index (κ3) is 2.76. The number of aliphatic hydroxyl groups excluding tert-OH is 1. The summed E-state index contributed by atoms with van der Waals surface area (Å²) in [4.78, 5) is 4.21. The summed E-state index contributed by atoms with van der Waals surface area (Å²) in [5.74, 6) is 0.725. The van der Waals surface area contributed by atoms with Gasteiger partial charge in [-0.2, -0.15) is 0 Å². The molecule has 3 nitrogen and oxygen atoms in total. The van der Waals surface area contributed by atoms with E-state index in [1.54, 1.807) is 6.20 Å². The van der Waals surface area contributed by atoms with Gasteiger partial charge < -0.3 is 9.67 Å². The van der Waals surface area contributed by atoms with Crippen molar-refractivity contribution in [2.45, 2.75) is 26.0 Å². The molecule has 0 saturated carbocycles. The van der Waals surface area contributed by atoms with Gasteiger partial charge in [-0.25, -0.2) is 4.98 Å². The highest BCUT2D eigenvalue weighted by Gasteiger charge is 2.14. The van der Waals surface area contributed by atoms with E-state index in [-0.39, 0.29) is 0 Å². The Balaban J connectivity index is 2.17. The molecular weight excluding hydrogens is 280 g/mol. The first-order chi connectivity index (χ1) is 8.22. The maximum Gasteiger partial charge on any atom is 0.137 e. The van der Waals surface area contributed by atoms with Crippen molar-refractivity contribution in [1.82, 2.24) is 9.55 Å². The normalized spacial score (nSPS) is 12.6. The summed E-state index contributed by atoms with van der Waals surface area (Å²) in [6, 6.07) is 7.92. The fraction of sp³-hybridized carbons (Fsp3) is 0.308. The first-order valence-corrected chi connectivity index (χ1v) is 6.44. The average molecular weight is 295 g/mol. The number of benzene rings is 1. The SMILES string of the molecule is CCn1ccnc1C(O)Cc1ccccc1Br. The molecule has 2 rings (SSSR count). The molecule has 0 spiro atoms. The van der Waals surface area contributed by atoms with E-state index in [1.807, 2.05) is 42.0 Å². The second kappa shape index (κ2) is 5.47. The van der Waals surface area contributed by atoms with Crippen LogP contribution in [0.5, 0.6) is 0 Å². The first-order valence-electron chi connectivity index (χ1n) is 5.65. The number of hydrogen-bond donors (Lipinski definition) is 1. The summed E-state index contributed by atoms with van der Waals surface area (Å²) in [6.07, 6.45) is 3.61. The number of aliphatic hydroxyl groups is 1. The standard InChI is InChI=1S/C13H15BrN2O/c1-2-16-8-7-15-13(16)12(17)9-10-5-3-4-6-11(10)14/h3-8,12,17H,2,9H2,1H3. The predicted molar refractivity (Wildman–Crippen MR) is 70.7 cm³/mol. The molecule has 2 aromatic rings. The van der Waals surface area contributed by atoms with Crippen molar-refractivity contribution in [2.24, 2.45) is 0 Å². The summed E-state index contributed by atoms with van der Waals surface area (Å²) >= 11 is 3.49. The summed E-state index contributed by atoms with van der Waals surface area (Å²) in [7, 11) is 0. The third-order valence-electron chi connectivity index (χ3n) is 2.76. The minimum Gasteiger partial charge on any atom is -0.385 e. The van der Waals surface area contributed by atoms with E-state index in [9.17, 15) is 5.11 Å².